The molecule has 31 heavy (non-hydrogen) atoms. The average molecular weight is 424 g/mol. The zero-order chi connectivity index (χ0) is 22.1. The van der Waals surface area contributed by atoms with Crippen molar-refractivity contribution in [3.05, 3.63) is 82.2 Å². The summed E-state index contributed by atoms with van der Waals surface area (Å²) in [7, 11) is 3.38. The van der Waals surface area contributed by atoms with Gasteiger partial charge in [-0.1, -0.05) is 12.1 Å². The molecular weight excluding hydrogens is 402 g/mol. The van der Waals surface area contributed by atoms with Crippen LogP contribution in [0.25, 0.3) is 5.69 Å². The fourth-order valence-corrected chi connectivity index (χ4v) is 3.74. The molecule has 160 valence electrons. The van der Waals surface area contributed by atoms with Gasteiger partial charge in [-0.2, -0.15) is 5.10 Å². The Bertz CT molecular complexity index is 1150. The van der Waals surface area contributed by atoms with E-state index in [1.165, 1.54) is 15.6 Å². The topological polar surface area (TPSA) is 67.2 Å². The molecular formula is C23H22F2N4O2. The average Bonchev–Trinajstić information content (AvgIpc) is 3.37. The van der Waals surface area contributed by atoms with Gasteiger partial charge in [-0.3, -0.25) is 9.59 Å². The molecule has 0 spiro atoms. The number of carbonyl (C=O) groups is 2. The monoisotopic (exact) mass is 424 g/mol. The van der Waals surface area contributed by atoms with Crippen LogP contribution in [0.3, 0.4) is 0 Å². The van der Waals surface area contributed by atoms with E-state index >= 15 is 0 Å². The molecule has 1 aliphatic rings. The Kier molecular flexibility index (Phi) is 5.54. The van der Waals surface area contributed by atoms with Crippen molar-refractivity contribution in [3.8, 4) is 5.69 Å². The van der Waals surface area contributed by atoms with Gasteiger partial charge in [-0.25, -0.2) is 13.5 Å². The Morgan fingerprint density at radius 1 is 1.06 bits per heavy atom. The molecule has 0 bridgehead atoms. The summed E-state index contributed by atoms with van der Waals surface area (Å²) < 4.78 is 28.5. The number of rotatable bonds is 5. The van der Waals surface area contributed by atoms with Crippen LogP contribution in [-0.4, -0.2) is 40.6 Å². The normalized spacial score (nSPS) is 12.5. The van der Waals surface area contributed by atoms with Crippen LogP contribution in [0.2, 0.25) is 0 Å². The maximum absolute atomic E-state index is 13.7. The molecule has 8 heteroatoms. The Morgan fingerprint density at radius 3 is 2.48 bits per heavy atom. The van der Waals surface area contributed by atoms with Crippen LogP contribution in [0.5, 0.6) is 0 Å². The first-order valence-electron chi connectivity index (χ1n) is 10.00. The first-order valence-corrected chi connectivity index (χ1v) is 10.00. The van der Waals surface area contributed by atoms with E-state index in [-0.39, 0.29) is 18.4 Å². The Balaban J connectivity index is 1.52. The first-order chi connectivity index (χ1) is 14.8. The van der Waals surface area contributed by atoms with E-state index in [2.05, 4.69) is 10.4 Å². The Hall–Kier alpha value is -3.55. The highest BCUT2D eigenvalue weighted by molar-refractivity contribution is 5.95. The Labute approximate surface area is 178 Å². The van der Waals surface area contributed by atoms with Gasteiger partial charge in [0.05, 0.1) is 5.69 Å². The van der Waals surface area contributed by atoms with Gasteiger partial charge in [0.1, 0.15) is 0 Å². The number of halogens is 2. The van der Waals surface area contributed by atoms with E-state index in [9.17, 15) is 18.4 Å². The van der Waals surface area contributed by atoms with Gasteiger partial charge in [0.2, 0.25) is 0 Å². The number of benzene rings is 2. The Morgan fingerprint density at radius 2 is 1.81 bits per heavy atom. The van der Waals surface area contributed by atoms with Gasteiger partial charge in [0.25, 0.3) is 11.8 Å². The highest BCUT2D eigenvalue weighted by Crippen LogP contribution is 2.28. The number of nitrogens with zero attached hydrogens (tertiary/aromatic N) is 3. The molecule has 1 heterocycles. The molecule has 2 aromatic carbocycles. The third-order valence-corrected chi connectivity index (χ3v) is 5.35. The van der Waals surface area contributed by atoms with Crippen LogP contribution in [0.15, 0.2) is 42.5 Å². The third kappa shape index (κ3) is 4.05. The number of amides is 2. The van der Waals surface area contributed by atoms with Crippen LogP contribution in [0, 0.1) is 11.6 Å². The van der Waals surface area contributed by atoms with Gasteiger partial charge in [-0.05, 0) is 49.1 Å². The number of carbonyl (C=O) groups excluding carboxylic acids is 2. The molecule has 0 saturated heterocycles. The molecule has 0 aliphatic heterocycles. The molecule has 0 atom stereocenters. The van der Waals surface area contributed by atoms with Crippen LogP contribution in [0.4, 0.5) is 8.78 Å². The minimum Gasteiger partial charge on any atom is -0.347 e. The standard InChI is InChI=1S/C23H22F2N4O2/c1-28(2)23(31)15-8-6-14(7-9-15)13-26-22(30)21-17-4-3-5-20(17)29(27-21)16-10-11-18(24)19(25)12-16/h6-12H,3-5,13H2,1-2H3,(H,26,30). The molecule has 6 nitrogen and oxygen atoms in total. The van der Waals surface area contributed by atoms with Crippen molar-refractivity contribution in [3.63, 3.8) is 0 Å². The number of hydrogen-bond acceptors (Lipinski definition) is 3. The van der Waals surface area contributed by atoms with Crippen LogP contribution >= 0.6 is 0 Å². The van der Waals surface area contributed by atoms with E-state index < -0.39 is 11.6 Å². The molecule has 0 fully saturated rings. The second-order valence-electron chi connectivity index (χ2n) is 7.72. The second kappa shape index (κ2) is 8.29. The predicted octanol–water partition coefficient (Wildman–Crippen LogP) is 3.27. The van der Waals surface area contributed by atoms with Crippen LogP contribution < -0.4 is 5.32 Å². The van der Waals surface area contributed by atoms with Gasteiger partial charge >= 0.3 is 0 Å². The summed E-state index contributed by atoms with van der Waals surface area (Å²) in [5.41, 5.74) is 3.80. The van der Waals surface area contributed by atoms with Gasteiger partial charge < -0.3 is 10.2 Å². The van der Waals surface area contributed by atoms with E-state index in [1.807, 2.05) is 0 Å². The van der Waals surface area contributed by atoms with Gasteiger partial charge in [0.15, 0.2) is 17.3 Å². The smallest absolute Gasteiger partial charge is 0.272 e. The summed E-state index contributed by atoms with van der Waals surface area (Å²) in [6.07, 6.45) is 2.30. The van der Waals surface area contributed by atoms with Crippen LogP contribution in [-0.2, 0) is 19.4 Å². The number of fused-ring (bicyclic) bond motifs is 1. The fourth-order valence-electron chi connectivity index (χ4n) is 3.74. The van der Waals surface area contributed by atoms with Gasteiger partial charge in [-0.15, -0.1) is 0 Å². The lowest BCUT2D eigenvalue weighted by atomic mass is 10.1. The molecule has 0 radical (unpaired) electrons. The van der Waals surface area contributed by atoms with Crippen molar-refractivity contribution >= 4 is 11.8 Å². The largest absolute Gasteiger partial charge is 0.347 e. The van der Waals surface area contributed by atoms with E-state index in [0.717, 1.165) is 41.8 Å². The zero-order valence-electron chi connectivity index (χ0n) is 17.3. The lowest BCUT2D eigenvalue weighted by molar-refractivity contribution is 0.0827. The SMILES string of the molecule is CN(C)C(=O)c1ccc(CNC(=O)c2nn(-c3ccc(F)c(F)c3)c3c2CCC3)cc1. The highest BCUT2D eigenvalue weighted by atomic mass is 19.2. The van der Waals surface area contributed by atoms with E-state index in [1.54, 1.807) is 38.4 Å². The first kappa shape index (κ1) is 20.7. The lowest BCUT2D eigenvalue weighted by Crippen LogP contribution is -2.25. The summed E-state index contributed by atoms with van der Waals surface area (Å²) in [5.74, 6) is -2.30. The molecule has 4 rings (SSSR count). The fraction of sp³-hybridized carbons (Fsp3) is 0.261. The second-order valence-corrected chi connectivity index (χ2v) is 7.72. The molecule has 3 aromatic rings. The summed E-state index contributed by atoms with van der Waals surface area (Å²) in [5, 5.41) is 7.26. The summed E-state index contributed by atoms with van der Waals surface area (Å²) in [4.78, 5) is 26.3. The highest BCUT2D eigenvalue weighted by Gasteiger charge is 2.27. The molecule has 1 aliphatic carbocycles. The van der Waals surface area contributed by atoms with Crippen molar-refractivity contribution in [2.45, 2.75) is 25.8 Å². The maximum atomic E-state index is 13.7. The lowest BCUT2D eigenvalue weighted by Gasteiger charge is -2.10. The molecule has 1 aromatic heterocycles. The molecule has 0 unspecified atom stereocenters. The molecule has 1 N–H and O–H groups in total. The van der Waals surface area contributed by atoms with Crippen molar-refractivity contribution < 1.29 is 18.4 Å². The third-order valence-electron chi connectivity index (χ3n) is 5.35. The zero-order valence-corrected chi connectivity index (χ0v) is 17.3. The maximum Gasteiger partial charge on any atom is 0.272 e. The minimum atomic E-state index is -0.957. The summed E-state index contributed by atoms with van der Waals surface area (Å²) in [6, 6.07) is 10.6. The van der Waals surface area contributed by atoms with Crippen molar-refractivity contribution in [2.24, 2.45) is 0 Å². The van der Waals surface area contributed by atoms with Crippen molar-refractivity contribution in [2.75, 3.05) is 14.1 Å². The van der Waals surface area contributed by atoms with Crippen molar-refractivity contribution in [1.82, 2.24) is 20.0 Å². The van der Waals surface area contributed by atoms with Crippen molar-refractivity contribution in [1.29, 1.82) is 0 Å². The summed E-state index contributed by atoms with van der Waals surface area (Å²) >= 11 is 0. The minimum absolute atomic E-state index is 0.0890. The number of aromatic nitrogens is 2. The summed E-state index contributed by atoms with van der Waals surface area (Å²) in [6.45, 7) is 0.280. The molecule has 2 amide bonds. The molecule has 0 saturated carbocycles. The quantitative estimate of drug-likeness (QED) is 0.684. The van der Waals surface area contributed by atoms with Crippen LogP contribution in [0.1, 0.15) is 44.1 Å². The van der Waals surface area contributed by atoms with E-state index in [4.69, 9.17) is 0 Å². The predicted molar refractivity (Wildman–Crippen MR) is 111 cm³/mol. The van der Waals surface area contributed by atoms with E-state index in [0.29, 0.717) is 23.4 Å². The van der Waals surface area contributed by atoms with Gasteiger partial charge in [0, 0.05) is 43.5 Å². The number of nitrogens with one attached hydrogen (secondary N) is 1. The number of hydrogen-bond donors (Lipinski definition) is 1.